The van der Waals surface area contributed by atoms with E-state index in [0.717, 1.165) is 31.7 Å². The third-order valence-electron chi connectivity index (χ3n) is 4.74. The fourth-order valence-corrected chi connectivity index (χ4v) is 3.37. The normalized spacial score (nSPS) is 19.8. The van der Waals surface area contributed by atoms with Crippen LogP contribution in [-0.4, -0.2) is 57.9 Å². The van der Waals surface area contributed by atoms with Crippen molar-refractivity contribution in [2.45, 2.75) is 19.3 Å². The molecule has 1 saturated heterocycles. The number of nitrogens with zero attached hydrogens (tertiary/aromatic N) is 4. The van der Waals surface area contributed by atoms with E-state index in [1.165, 1.54) is 12.8 Å². The van der Waals surface area contributed by atoms with Crippen molar-refractivity contribution in [3.8, 4) is 0 Å². The fourth-order valence-electron chi connectivity index (χ4n) is 3.37. The second-order valence-electron chi connectivity index (χ2n) is 6.66. The van der Waals surface area contributed by atoms with Gasteiger partial charge in [-0.1, -0.05) is 6.07 Å². The minimum Gasteiger partial charge on any atom is -0.365 e. The summed E-state index contributed by atoms with van der Waals surface area (Å²) in [6.45, 7) is 4.08. The monoisotopic (exact) mass is 350 g/mol. The first-order valence-corrected chi connectivity index (χ1v) is 9.02. The number of fused-ring (bicyclic) bond motifs is 1. The third-order valence-corrected chi connectivity index (χ3v) is 4.74. The highest BCUT2D eigenvalue weighted by Crippen LogP contribution is 2.30. The molecule has 0 atom stereocenters. The van der Waals surface area contributed by atoms with Crippen molar-refractivity contribution >= 4 is 34.2 Å². The number of allylic oxidation sites excluding steroid dienone is 2. The van der Waals surface area contributed by atoms with Crippen molar-refractivity contribution in [2.75, 3.05) is 31.5 Å². The molecule has 0 aromatic carbocycles. The topological polar surface area (TPSA) is 85.8 Å². The lowest BCUT2D eigenvalue weighted by atomic mass is 10.0. The molecule has 1 aliphatic carbocycles. The Hall–Kier alpha value is -2.80. The Morgan fingerprint density at radius 1 is 1.23 bits per heavy atom. The third kappa shape index (κ3) is 3.43. The lowest BCUT2D eigenvalue weighted by Crippen LogP contribution is -2.26. The number of hydrogen-bond acceptors (Lipinski definition) is 6. The summed E-state index contributed by atoms with van der Waals surface area (Å²) >= 11 is 0. The van der Waals surface area contributed by atoms with Crippen molar-refractivity contribution in [3.63, 3.8) is 0 Å². The largest absolute Gasteiger partial charge is 0.365 e. The molecule has 7 heteroatoms. The van der Waals surface area contributed by atoms with Crippen LogP contribution in [0.15, 0.2) is 41.5 Å². The summed E-state index contributed by atoms with van der Waals surface area (Å²) in [7, 11) is 0. The van der Waals surface area contributed by atoms with Gasteiger partial charge in [0, 0.05) is 25.0 Å². The van der Waals surface area contributed by atoms with Crippen LogP contribution < -0.4 is 5.32 Å². The standard InChI is InChI=1S/C19H22N6O/c20-14-6-7-15(17(26)13-14)22-18-16-5-1-2-11-25(16)23-19(18)21-8-12-24-9-3-4-10-24/h1-2,5-7,11,20H,3-4,8-10,12-13H2,(H,21,23). The number of rotatable bonds is 5. The van der Waals surface area contributed by atoms with Gasteiger partial charge in [0.15, 0.2) is 11.6 Å². The van der Waals surface area contributed by atoms with Crippen LogP contribution in [0.3, 0.4) is 0 Å². The Morgan fingerprint density at radius 2 is 2.08 bits per heavy atom. The van der Waals surface area contributed by atoms with E-state index >= 15 is 0 Å². The van der Waals surface area contributed by atoms with Gasteiger partial charge < -0.3 is 15.6 Å². The van der Waals surface area contributed by atoms with E-state index in [1.807, 2.05) is 24.4 Å². The second kappa shape index (κ2) is 7.21. The first kappa shape index (κ1) is 16.7. The van der Waals surface area contributed by atoms with Crippen LogP contribution in [0.1, 0.15) is 19.3 Å². The Morgan fingerprint density at radius 3 is 2.88 bits per heavy atom. The van der Waals surface area contributed by atoms with Gasteiger partial charge in [-0.2, -0.15) is 0 Å². The molecule has 2 aromatic heterocycles. The van der Waals surface area contributed by atoms with Gasteiger partial charge >= 0.3 is 0 Å². The van der Waals surface area contributed by atoms with Crippen LogP contribution in [0, 0.1) is 5.41 Å². The molecule has 2 N–H and O–H groups in total. The van der Waals surface area contributed by atoms with Crippen LogP contribution in [0.2, 0.25) is 0 Å². The summed E-state index contributed by atoms with van der Waals surface area (Å²) < 4.78 is 1.77. The quantitative estimate of drug-likeness (QED) is 0.867. The summed E-state index contributed by atoms with van der Waals surface area (Å²) in [5.74, 6) is 0.556. The fraction of sp³-hybridized carbons (Fsp3) is 0.368. The predicted octanol–water partition coefficient (Wildman–Crippen LogP) is 2.46. The molecule has 3 heterocycles. The van der Waals surface area contributed by atoms with Crippen molar-refractivity contribution < 1.29 is 4.79 Å². The van der Waals surface area contributed by atoms with Gasteiger partial charge in [0.1, 0.15) is 11.4 Å². The van der Waals surface area contributed by atoms with E-state index in [1.54, 1.807) is 16.7 Å². The molecule has 26 heavy (non-hydrogen) atoms. The average molecular weight is 350 g/mol. The van der Waals surface area contributed by atoms with Gasteiger partial charge in [0.25, 0.3) is 0 Å². The Labute approximate surface area is 151 Å². The number of pyridine rings is 1. The van der Waals surface area contributed by atoms with Crippen LogP contribution in [0.4, 0.5) is 11.5 Å². The zero-order chi connectivity index (χ0) is 17.9. The first-order valence-electron chi connectivity index (χ1n) is 9.02. The van der Waals surface area contributed by atoms with E-state index in [2.05, 4.69) is 20.3 Å². The summed E-state index contributed by atoms with van der Waals surface area (Å²) in [5, 5.41) is 15.6. The highest BCUT2D eigenvalue weighted by atomic mass is 16.1. The molecule has 0 saturated carbocycles. The number of nitrogens with one attached hydrogen (secondary N) is 2. The van der Waals surface area contributed by atoms with Crippen molar-refractivity contribution in [1.29, 1.82) is 5.41 Å². The molecule has 2 aromatic rings. The number of anilines is 1. The SMILES string of the molecule is N=C1C=CC(=Nc2c(NCCN3CCCC3)nn3ccccc23)C(=O)C1. The maximum absolute atomic E-state index is 12.2. The van der Waals surface area contributed by atoms with Crippen LogP contribution in [0.5, 0.6) is 0 Å². The molecule has 0 unspecified atom stereocenters. The minimum atomic E-state index is -0.129. The highest BCUT2D eigenvalue weighted by Gasteiger charge is 2.19. The zero-order valence-corrected chi connectivity index (χ0v) is 14.6. The minimum absolute atomic E-state index is 0.103. The molecular weight excluding hydrogens is 328 g/mol. The maximum Gasteiger partial charge on any atom is 0.187 e. The summed E-state index contributed by atoms with van der Waals surface area (Å²) in [6, 6.07) is 5.79. The zero-order valence-electron chi connectivity index (χ0n) is 14.6. The Bertz CT molecular complexity index is 904. The molecule has 2 aliphatic rings. The molecule has 134 valence electrons. The Balaban J connectivity index is 1.62. The number of likely N-dealkylation sites (tertiary alicyclic amines) is 1. The predicted molar refractivity (Wildman–Crippen MR) is 103 cm³/mol. The molecule has 7 nitrogen and oxygen atoms in total. The van der Waals surface area contributed by atoms with Crippen molar-refractivity contribution in [1.82, 2.24) is 14.5 Å². The smallest absolute Gasteiger partial charge is 0.187 e. The number of carbonyl (C=O) groups is 1. The molecule has 0 spiro atoms. The number of aromatic nitrogens is 2. The molecule has 1 fully saturated rings. The molecular formula is C19H22N6O. The second-order valence-corrected chi connectivity index (χ2v) is 6.66. The summed E-state index contributed by atoms with van der Waals surface area (Å²) in [6.07, 6.45) is 7.78. The lowest BCUT2D eigenvalue weighted by molar-refractivity contribution is -0.111. The van der Waals surface area contributed by atoms with E-state index in [4.69, 9.17) is 5.41 Å². The van der Waals surface area contributed by atoms with Gasteiger partial charge in [0.2, 0.25) is 0 Å². The van der Waals surface area contributed by atoms with Crippen molar-refractivity contribution in [3.05, 3.63) is 36.5 Å². The Kier molecular flexibility index (Phi) is 4.62. The molecule has 4 rings (SSSR count). The number of aliphatic imine (C=N–C) groups is 1. The molecule has 0 radical (unpaired) electrons. The lowest BCUT2D eigenvalue weighted by Gasteiger charge is -2.14. The maximum atomic E-state index is 12.2. The van der Waals surface area contributed by atoms with Gasteiger partial charge in [0.05, 0.1) is 11.9 Å². The van der Waals surface area contributed by atoms with E-state index in [-0.39, 0.29) is 12.2 Å². The van der Waals surface area contributed by atoms with Gasteiger partial charge in [-0.15, -0.1) is 5.10 Å². The van der Waals surface area contributed by atoms with Gasteiger partial charge in [-0.3, -0.25) is 4.79 Å². The number of ketones is 1. The molecule has 1 aliphatic heterocycles. The number of Topliss-reactive ketones (excluding diaryl/α,β-unsaturated/α-hetero) is 1. The van der Waals surface area contributed by atoms with Crippen LogP contribution >= 0.6 is 0 Å². The van der Waals surface area contributed by atoms with Gasteiger partial charge in [-0.05, 0) is 50.2 Å². The molecule has 0 amide bonds. The number of carbonyl (C=O) groups excluding carboxylic acids is 1. The summed E-state index contributed by atoms with van der Waals surface area (Å²) in [5.41, 5.74) is 2.22. The van der Waals surface area contributed by atoms with E-state index in [0.29, 0.717) is 22.9 Å². The number of hydrogen-bond donors (Lipinski definition) is 2. The van der Waals surface area contributed by atoms with E-state index < -0.39 is 0 Å². The van der Waals surface area contributed by atoms with E-state index in [9.17, 15) is 4.79 Å². The highest BCUT2D eigenvalue weighted by molar-refractivity contribution is 6.50. The average Bonchev–Trinajstić information content (AvgIpc) is 3.26. The van der Waals surface area contributed by atoms with Crippen LogP contribution in [0.25, 0.3) is 5.52 Å². The first-order chi connectivity index (χ1) is 12.7. The van der Waals surface area contributed by atoms with Crippen LogP contribution in [-0.2, 0) is 4.79 Å². The molecule has 0 bridgehead atoms. The van der Waals surface area contributed by atoms with Gasteiger partial charge in [-0.25, -0.2) is 9.51 Å². The van der Waals surface area contributed by atoms with Crippen molar-refractivity contribution in [2.24, 2.45) is 4.99 Å². The summed E-state index contributed by atoms with van der Waals surface area (Å²) in [4.78, 5) is 19.2.